The van der Waals surface area contributed by atoms with Crippen LogP contribution < -0.4 is 5.32 Å². The molecule has 1 aromatic heterocycles. The molecule has 0 bridgehead atoms. The quantitative estimate of drug-likeness (QED) is 0.563. The van der Waals surface area contributed by atoms with Gasteiger partial charge in [0.15, 0.2) is 0 Å². The van der Waals surface area contributed by atoms with Crippen LogP contribution in [0.5, 0.6) is 0 Å². The van der Waals surface area contributed by atoms with E-state index in [-0.39, 0.29) is 11.6 Å². The standard InChI is InChI=1S/C19H16N2O4/c1-13-12-15(9-10-16(13)21(23)24)19(22)20-18(17-8-5-11-25-17)14-6-3-2-4-7-14/h2-12,18H,1H3,(H,20,22)/t18-/m0/s1. The summed E-state index contributed by atoms with van der Waals surface area (Å²) in [5.74, 6) is 0.279. The molecule has 3 rings (SSSR count). The Morgan fingerprint density at radius 3 is 2.48 bits per heavy atom. The van der Waals surface area contributed by atoms with Gasteiger partial charge in [0.05, 0.1) is 11.2 Å². The van der Waals surface area contributed by atoms with E-state index in [9.17, 15) is 14.9 Å². The van der Waals surface area contributed by atoms with Gasteiger partial charge in [-0.1, -0.05) is 30.3 Å². The molecule has 25 heavy (non-hydrogen) atoms. The summed E-state index contributed by atoms with van der Waals surface area (Å²) in [5, 5.41) is 13.8. The molecule has 1 amide bonds. The maximum atomic E-state index is 12.6. The van der Waals surface area contributed by atoms with Gasteiger partial charge in [0, 0.05) is 17.2 Å². The normalized spacial score (nSPS) is 11.7. The van der Waals surface area contributed by atoms with Crippen LogP contribution in [0.3, 0.4) is 0 Å². The van der Waals surface area contributed by atoms with Gasteiger partial charge in [-0.3, -0.25) is 14.9 Å². The summed E-state index contributed by atoms with van der Waals surface area (Å²) in [7, 11) is 0. The molecule has 2 aromatic carbocycles. The molecule has 0 aliphatic carbocycles. The van der Waals surface area contributed by atoms with Crippen molar-refractivity contribution in [3.63, 3.8) is 0 Å². The van der Waals surface area contributed by atoms with Crippen LogP contribution in [0.2, 0.25) is 0 Å². The van der Waals surface area contributed by atoms with Crippen molar-refractivity contribution in [1.29, 1.82) is 0 Å². The van der Waals surface area contributed by atoms with Gasteiger partial charge in [0.1, 0.15) is 11.8 Å². The highest BCUT2D eigenvalue weighted by atomic mass is 16.6. The number of aryl methyl sites for hydroxylation is 1. The average molecular weight is 336 g/mol. The summed E-state index contributed by atoms with van der Waals surface area (Å²) in [6, 6.07) is 16.9. The van der Waals surface area contributed by atoms with Gasteiger partial charge in [-0.15, -0.1) is 0 Å². The predicted octanol–water partition coefficient (Wildman–Crippen LogP) is 4.02. The second-order valence-corrected chi connectivity index (χ2v) is 5.59. The van der Waals surface area contributed by atoms with E-state index in [1.807, 2.05) is 30.3 Å². The Morgan fingerprint density at radius 1 is 1.12 bits per heavy atom. The minimum atomic E-state index is -0.466. The smallest absolute Gasteiger partial charge is 0.272 e. The first-order chi connectivity index (χ1) is 12.1. The Balaban J connectivity index is 1.89. The van der Waals surface area contributed by atoms with E-state index in [0.717, 1.165) is 5.56 Å². The molecular formula is C19H16N2O4. The van der Waals surface area contributed by atoms with Crippen molar-refractivity contribution in [2.75, 3.05) is 0 Å². The second-order valence-electron chi connectivity index (χ2n) is 5.59. The number of furan rings is 1. The summed E-state index contributed by atoms with van der Waals surface area (Å²) in [6.07, 6.45) is 1.55. The van der Waals surface area contributed by atoms with Gasteiger partial charge in [0.25, 0.3) is 11.6 Å². The van der Waals surface area contributed by atoms with Gasteiger partial charge >= 0.3 is 0 Å². The number of amides is 1. The fourth-order valence-corrected chi connectivity index (χ4v) is 2.64. The molecule has 0 unspecified atom stereocenters. The summed E-state index contributed by atoms with van der Waals surface area (Å²) < 4.78 is 5.46. The highest BCUT2D eigenvalue weighted by molar-refractivity contribution is 5.95. The number of hydrogen-bond acceptors (Lipinski definition) is 4. The summed E-state index contributed by atoms with van der Waals surface area (Å²) >= 11 is 0. The van der Waals surface area contributed by atoms with Gasteiger partial charge in [-0.05, 0) is 36.8 Å². The molecule has 6 nitrogen and oxygen atoms in total. The molecule has 0 aliphatic heterocycles. The Kier molecular flexibility index (Phi) is 4.61. The number of nitrogens with zero attached hydrogens (tertiary/aromatic N) is 1. The maximum absolute atomic E-state index is 12.6. The van der Waals surface area contributed by atoms with Crippen molar-refractivity contribution in [2.45, 2.75) is 13.0 Å². The van der Waals surface area contributed by atoms with Crippen molar-refractivity contribution in [3.05, 3.63) is 99.5 Å². The topological polar surface area (TPSA) is 85.4 Å². The van der Waals surface area contributed by atoms with E-state index in [4.69, 9.17) is 4.42 Å². The molecule has 1 heterocycles. The number of carbonyl (C=O) groups is 1. The molecule has 0 saturated heterocycles. The molecule has 0 saturated carbocycles. The molecule has 1 N–H and O–H groups in total. The molecule has 6 heteroatoms. The largest absolute Gasteiger partial charge is 0.467 e. The fourth-order valence-electron chi connectivity index (χ4n) is 2.64. The zero-order chi connectivity index (χ0) is 17.8. The zero-order valence-corrected chi connectivity index (χ0v) is 13.5. The lowest BCUT2D eigenvalue weighted by Gasteiger charge is -2.17. The molecular weight excluding hydrogens is 320 g/mol. The number of rotatable bonds is 5. The van der Waals surface area contributed by atoms with Crippen molar-refractivity contribution in [1.82, 2.24) is 5.32 Å². The first kappa shape index (κ1) is 16.4. The van der Waals surface area contributed by atoms with Crippen LogP contribution in [0.25, 0.3) is 0 Å². The molecule has 0 aliphatic rings. The Morgan fingerprint density at radius 2 is 1.88 bits per heavy atom. The molecule has 0 radical (unpaired) electrons. The summed E-state index contributed by atoms with van der Waals surface area (Å²) in [6.45, 7) is 1.61. The Bertz CT molecular complexity index is 889. The van der Waals surface area contributed by atoms with Crippen molar-refractivity contribution in [2.24, 2.45) is 0 Å². The maximum Gasteiger partial charge on any atom is 0.272 e. The number of nitrogens with one attached hydrogen (secondary N) is 1. The highest BCUT2D eigenvalue weighted by Gasteiger charge is 2.21. The van der Waals surface area contributed by atoms with Gasteiger partial charge < -0.3 is 9.73 Å². The van der Waals surface area contributed by atoms with E-state index < -0.39 is 11.0 Å². The Labute approximate surface area is 144 Å². The number of nitro groups is 1. The zero-order valence-electron chi connectivity index (χ0n) is 13.5. The van der Waals surface area contributed by atoms with Crippen LogP contribution >= 0.6 is 0 Å². The SMILES string of the molecule is Cc1cc(C(=O)N[C@@H](c2ccccc2)c2ccco2)ccc1[N+](=O)[O-]. The number of benzene rings is 2. The van der Waals surface area contributed by atoms with Crippen molar-refractivity contribution >= 4 is 11.6 Å². The number of nitro benzene ring substituents is 1. The third-order valence-corrected chi connectivity index (χ3v) is 3.89. The Hall–Kier alpha value is -3.41. The molecule has 3 aromatic rings. The minimum Gasteiger partial charge on any atom is -0.467 e. The van der Waals surface area contributed by atoms with Crippen LogP contribution in [0, 0.1) is 17.0 Å². The van der Waals surface area contributed by atoms with Crippen LogP contribution in [-0.4, -0.2) is 10.8 Å². The molecule has 126 valence electrons. The summed E-state index contributed by atoms with van der Waals surface area (Å²) in [4.78, 5) is 23.1. The number of carbonyl (C=O) groups excluding carboxylic acids is 1. The lowest BCUT2D eigenvalue weighted by Crippen LogP contribution is -2.29. The van der Waals surface area contributed by atoms with Gasteiger partial charge in [-0.2, -0.15) is 0 Å². The molecule has 0 fully saturated rings. The van der Waals surface area contributed by atoms with Gasteiger partial charge in [-0.25, -0.2) is 0 Å². The monoisotopic (exact) mass is 336 g/mol. The third-order valence-electron chi connectivity index (χ3n) is 3.89. The van der Waals surface area contributed by atoms with Crippen LogP contribution in [0.1, 0.15) is 33.3 Å². The van der Waals surface area contributed by atoms with Gasteiger partial charge in [0.2, 0.25) is 0 Å². The lowest BCUT2D eigenvalue weighted by atomic mass is 10.0. The average Bonchev–Trinajstić information content (AvgIpc) is 3.14. The first-order valence-electron chi connectivity index (χ1n) is 7.70. The van der Waals surface area contributed by atoms with E-state index in [0.29, 0.717) is 16.9 Å². The molecule has 1 atom stereocenters. The first-order valence-corrected chi connectivity index (χ1v) is 7.70. The van der Waals surface area contributed by atoms with Crippen LogP contribution in [0.15, 0.2) is 71.3 Å². The summed E-state index contributed by atoms with van der Waals surface area (Å²) in [5.41, 5.74) is 1.66. The second kappa shape index (κ2) is 7.00. The van der Waals surface area contributed by atoms with Crippen LogP contribution in [0.4, 0.5) is 5.69 Å². The van der Waals surface area contributed by atoms with E-state index in [1.165, 1.54) is 18.2 Å². The highest BCUT2D eigenvalue weighted by Crippen LogP contribution is 2.24. The van der Waals surface area contributed by atoms with Crippen molar-refractivity contribution < 1.29 is 14.1 Å². The van der Waals surface area contributed by atoms with E-state index >= 15 is 0 Å². The number of hydrogen-bond donors (Lipinski definition) is 1. The van der Waals surface area contributed by atoms with Crippen molar-refractivity contribution in [3.8, 4) is 0 Å². The lowest BCUT2D eigenvalue weighted by molar-refractivity contribution is -0.385. The van der Waals surface area contributed by atoms with E-state index in [1.54, 1.807) is 25.3 Å². The van der Waals surface area contributed by atoms with Crippen LogP contribution in [-0.2, 0) is 0 Å². The predicted molar refractivity (Wildman–Crippen MR) is 92.3 cm³/mol. The third kappa shape index (κ3) is 3.58. The minimum absolute atomic E-state index is 0.0119. The van der Waals surface area contributed by atoms with E-state index in [2.05, 4.69) is 5.32 Å². The molecule has 0 spiro atoms. The fraction of sp³-hybridized carbons (Fsp3) is 0.105.